The Morgan fingerprint density at radius 1 is 0.906 bits per heavy atom. The van der Waals surface area contributed by atoms with Gasteiger partial charge in [-0.25, -0.2) is 4.39 Å². The quantitative estimate of drug-likeness (QED) is 0.258. The number of allylic oxidation sites excluding steroid dienone is 1. The second kappa shape index (κ2) is 11.5. The lowest BCUT2D eigenvalue weighted by Gasteiger charge is -2.42. The molecule has 0 N–H and O–H groups in total. The largest absolute Gasteiger partial charge is 0.207 e. The minimum atomic E-state index is -0.0618. The van der Waals surface area contributed by atoms with E-state index in [2.05, 4.69) is 31.7 Å². The summed E-state index contributed by atoms with van der Waals surface area (Å²) in [6.45, 7) is 6.06. The SMILES string of the molecule is C=CCCc1cc2ccc(C3CCC4CC(CCCCCCC)CCC4C3)cc2cc1F. The zero-order chi connectivity index (χ0) is 22.3. The zero-order valence-electron chi connectivity index (χ0n) is 20.3. The van der Waals surface area contributed by atoms with Crippen molar-refractivity contribution in [1.29, 1.82) is 0 Å². The molecular weight excluding hydrogens is 391 g/mol. The first-order chi connectivity index (χ1) is 15.7. The van der Waals surface area contributed by atoms with Gasteiger partial charge in [0.15, 0.2) is 0 Å². The summed E-state index contributed by atoms with van der Waals surface area (Å²) in [6.07, 6.45) is 20.4. The molecule has 2 aromatic rings. The van der Waals surface area contributed by atoms with Crippen LogP contribution in [0.5, 0.6) is 0 Å². The van der Waals surface area contributed by atoms with Crippen molar-refractivity contribution in [2.45, 2.75) is 103 Å². The number of aryl methyl sites for hydroxylation is 1. The summed E-state index contributed by atoms with van der Waals surface area (Å²) >= 11 is 0. The van der Waals surface area contributed by atoms with Crippen molar-refractivity contribution >= 4 is 10.8 Å². The van der Waals surface area contributed by atoms with E-state index in [0.717, 1.165) is 41.5 Å². The number of fused-ring (bicyclic) bond motifs is 2. The van der Waals surface area contributed by atoms with Crippen molar-refractivity contribution in [2.24, 2.45) is 17.8 Å². The van der Waals surface area contributed by atoms with Gasteiger partial charge in [-0.2, -0.15) is 0 Å². The van der Waals surface area contributed by atoms with Gasteiger partial charge in [-0.1, -0.05) is 76.1 Å². The summed E-state index contributed by atoms with van der Waals surface area (Å²) in [5, 5.41) is 2.23. The van der Waals surface area contributed by atoms with Crippen LogP contribution < -0.4 is 0 Å². The summed E-state index contributed by atoms with van der Waals surface area (Å²) in [4.78, 5) is 0. The highest BCUT2D eigenvalue weighted by Crippen LogP contribution is 2.48. The van der Waals surface area contributed by atoms with Gasteiger partial charge < -0.3 is 0 Å². The lowest BCUT2D eigenvalue weighted by molar-refractivity contribution is 0.113. The smallest absolute Gasteiger partial charge is 0.127 e. The molecule has 2 saturated carbocycles. The average molecular weight is 435 g/mol. The van der Waals surface area contributed by atoms with Crippen molar-refractivity contribution in [1.82, 2.24) is 0 Å². The van der Waals surface area contributed by atoms with Gasteiger partial charge in [0.2, 0.25) is 0 Å². The van der Waals surface area contributed by atoms with Crippen molar-refractivity contribution in [3.63, 3.8) is 0 Å². The van der Waals surface area contributed by atoms with E-state index in [1.54, 1.807) is 6.07 Å². The van der Waals surface area contributed by atoms with E-state index >= 15 is 0 Å². The summed E-state index contributed by atoms with van der Waals surface area (Å²) in [5.74, 6) is 3.47. The van der Waals surface area contributed by atoms with Crippen molar-refractivity contribution in [3.05, 3.63) is 59.9 Å². The summed E-state index contributed by atoms with van der Waals surface area (Å²) in [6, 6.07) is 10.6. The molecule has 0 aliphatic heterocycles. The predicted octanol–water partition coefficient (Wildman–Crippen LogP) is 9.76. The first-order valence-corrected chi connectivity index (χ1v) is 13.5. The van der Waals surface area contributed by atoms with Gasteiger partial charge in [0.1, 0.15) is 5.82 Å². The minimum Gasteiger partial charge on any atom is -0.207 e. The maximum Gasteiger partial charge on any atom is 0.127 e. The van der Waals surface area contributed by atoms with Crippen LogP contribution in [0.15, 0.2) is 43.0 Å². The van der Waals surface area contributed by atoms with Gasteiger partial charge in [-0.15, -0.1) is 6.58 Å². The fourth-order valence-electron chi connectivity index (χ4n) is 6.63. The van der Waals surface area contributed by atoms with Crippen LogP contribution in [0.25, 0.3) is 10.8 Å². The first kappa shape index (κ1) is 23.5. The van der Waals surface area contributed by atoms with Crippen LogP contribution in [0, 0.1) is 23.6 Å². The van der Waals surface area contributed by atoms with Crippen molar-refractivity contribution < 1.29 is 4.39 Å². The topological polar surface area (TPSA) is 0 Å². The van der Waals surface area contributed by atoms with Crippen LogP contribution in [-0.4, -0.2) is 0 Å². The normalized spacial score (nSPS) is 25.6. The molecule has 0 amide bonds. The fraction of sp³-hybridized carbons (Fsp3) is 0.613. The van der Waals surface area contributed by atoms with E-state index in [0.29, 0.717) is 5.92 Å². The maximum atomic E-state index is 14.6. The highest BCUT2D eigenvalue weighted by Gasteiger charge is 2.35. The Morgan fingerprint density at radius 3 is 2.56 bits per heavy atom. The van der Waals surface area contributed by atoms with Gasteiger partial charge in [-0.3, -0.25) is 0 Å². The van der Waals surface area contributed by atoms with E-state index in [1.807, 2.05) is 12.1 Å². The Labute approximate surface area is 195 Å². The number of benzene rings is 2. The van der Waals surface area contributed by atoms with E-state index in [9.17, 15) is 4.39 Å². The van der Waals surface area contributed by atoms with Crippen molar-refractivity contribution in [2.75, 3.05) is 0 Å². The Kier molecular flexibility index (Phi) is 8.44. The molecule has 4 unspecified atom stereocenters. The first-order valence-electron chi connectivity index (χ1n) is 13.5. The molecule has 0 nitrogen and oxygen atoms in total. The van der Waals surface area contributed by atoms with E-state index in [4.69, 9.17) is 0 Å². The van der Waals surface area contributed by atoms with Crippen molar-refractivity contribution in [3.8, 4) is 0 Å². The third kappa shape index (κ3) is 5.83. The van der Waals surface area contributed by atoms with Gasteiger partial charge in [-0.05, 0) is 103 Å². The number of rotatable bonds is 10. The van der Waals surface area contributed by atoms with E-state index in [-0.39, 0.29) is 5.82 Å². The van der Waals surface area contributed by atoms with E-state index in [1.165, 1.54) is 88.0 Å². The fourth-order valence-corrected chi connectivity index (χ4v) is 6.63. The Balaban J connectivity index is 1.34. The second-order valence-corrected chi connectivity index (χ2v) is 10.8. The van der Waals surface area contributed by atoms with Crippen LogP contribution in [0.4, 0.5) is 4.39 Å². The number of hydrogen-bond donors (Lipinski definition) is 0. The van der Waals surface area contributed by atoms with Crippen LogP contribution in [0.2, 0.25) is 0 Å². The molecule has 0 aromatic heterocycles. The van der Waals surface area contributed by atoms with Gasteiger partial charge in [0.05, 0.1) is 0 Å². The molecule has 0 bridgehead atoms. The Bertz CT molecular complexity index is 881. The molecule has 2 aliphatic rings. The Morgan fingerprint density at radius 2 is 1.72 bits per heavy atom. The maximum absolute atomic E-state index is 14.6. The van der Waals surface area contributed by atoms with Gasteiger partial charge in [0.25, 0.3) is 0 Å². The lowest BCUT2D eigenvalue weighted by Crippen LogP contribution is -2.30. The summed E-state index contributed by atoms with van der Waals surface area (Å²) in [7, 11) is 0. The predicted molar refractivity (Wildman–Crippen MR) is 137 cm³/mol. The lowest BCUT2D eigenvalue weighted by atomic mass is 9.63. The molecule has 2 aromatic carbocycles. The summed E-state index contributed by atoms with van der Waals surface area (Å²) in [5.41, 5.74) is 2.25. The summed E-state index contributed by atoms with van der Waals surface area (Å²) < 4.78 is 14.6. The molecular formula is C31H43F. The highest BCUT2D eigenvalue weighted by molar-refractivity contribution is 5.84. The van der Waals surface area contributed by atoms with Gasteiger partial charge >= 0.3 is 0 Å². The molecule has 0 heterocycles. The number of unbranched alkanes of at least 4 members (excludes halogenated alkanes) is 4. The number of halogens is 1. The molecule has 32 heavy (non-hydrogen) atoms. The van der Waals surface area contributed by atoms with Crippen LogP contribution in [0.1, 0.15) is 107 Å². The standard InChI is InChI=1S/C31H43F/c1-3-5-7-8-9-10-23-12-13-25-19-26(15-14-24(25)18-23)27-16-17-28-20-29(11-6-4-2)31(32)22-30(28)21-27/h4,16-17,20-26H,2-3,5-15,18-19H2,1H3. The molecule has 4 atom stereocenters. The average Bonchev–Trinajstić information content (AvgIpc) is 2.82. The Hall–Kier alpha value is -1.63. The minimum absolute atomic E-state index is 0.0618. The molecule has 174 valence electrons. The van der Waals surface area contributed by atoms with Crippen LogP contribution >= 0.6 is 0 Å². The van der Waals surface area contributed by atoms with Crippen LogP contribution in [-0.2, 0) is 6.42 Å². The van der Waals surface area contributed by atoms with Gasteiger partial charge in [0, 0.05) is 0 Å². The molecule has 0 saturated heterocycles. The number of hydrogen-bond acceptors (Lipinski definition) is 0. The third-order valence-corrected chi connectivity index (χ3v) is 8.56. The third-order valence-electron chi connectivity index (χ3n) is 8.56. The molecule has 1 heteroatoms. The van der Waals surface area contributed by atoms with E-state index < -0.39 is 0 Å². The molecule has 4 rings (SSSR count). The zero-order valence-corrected chi connectivity index (χ0v) is 20.3. The molecule has 0 radical (unpaired) electrons. The van der Waals surface area contributed by atoms with Crippen LogP contribution in [0.3, 0.4) is 0 Å². The molecule has 0 spiro atoms. The highest BCUT2D eigenvalue weighted by atomic mass is 19.1. The molecule has 2 aliphatic carbocycles. The molecule has 2 fully saturated rings. The monoisotopic (exact) mass is 434 g/mol. The second-order valence-electron chi connectivity index (χ2n) is 10.8.